The van der Waals surface area contributed by atoms with Crippen LogP contribution in [-0.2, 0) is 9.63 Å². The van der Waals surface area contributed by atoms with Gasteiger partial charge < -0.3 is 14.8 Å². The molecule has 0 amide bonds. The SMILES string of the molecule is Cl.O=C(O)C1CCCN(CCCON=C(c2ccccc2)c2ccccc2)C1. The predicted molar refractivity (Wildman–Crippen MR) is 113 cm³/mol. The highest BCUT2D eigenvalue weighted by Crippen LogP contribution is 2.17. The van der Waals surface area contributed by atoms with Crippen LogP contribution in [0.15, 0.2) is 65.8 Å². The Balaban J connectivity index is 0.00000280. The van der Waals surface area contributed by atoms with E-state index in [1.54, 1.807) is 0 Å². The van der Waals surface area contributed by atoms with Gasteiger partial charge in [0.05, 0.1) is 5.92 Å². The van der Waals surface area contributed by atoms with Crippen molar-refractivity contribution in [1.29, 1.82) is 0 Å². The van der Waals surface area contributed by atoms with Crippen LogP contribution in [0, 0.1) is 5.92 Å². The molecule has 2 aromatic carbocycles. The number of benzene rings is 2. The lowest BCUT2D eigenvalue weighted by Crippen LogP contribution is -2.39. The number of carbonyl (C=O) groups is 1. The number of carboxylic acid groups (broad SMARTS) is 1. The Morgan fingerprint density at radius 1 is 1.07 bits per heavy atom. The van der Waals surface area contributed by atoms with Crippen LogP contribution < -0.4 is 0 Å². The van der Waals surface area contributed by atoms with Crippen molar-refractivity contribution in [3.8, 4) is 0 Å². The van der Waals surface area contributed by atoms with E-state index in [2.05, 4.69) is 10.1 Å². The van der Waals surface area contributed by atoms with Crippen molar-refractivity contribution in [2.75, 3.05) is 26.2 Å². The topological polar surface area (TPSA) is 62.1 Å². The van der Waals surface area contributed by atoms with Crippen molar-refractivity contribution < 1.29 is 14.7 Å². The first-order chi connectivity index (χ1) is 13.2. The van der Waals surface area contributed by atoms with Crippen molar-refractivity contribution in [3.63, 3.8) is 0 Å². The number of oxime groups is 1. The van der Waals surface area contributed by atoms with Crippen LogP contribution in [0.2, 0.25) is 0 Å². The summed E-state index contributed by atoms with van der Waals surface area (Å²) in [5.74, 6) is -0.920. The van der Waals surface area contributed by atoms with Gasteiger partial charge >= 0.3 is 5.97 Å². The number of aliphatic carboxylic acids is 1. The van der Waals surface area contributed by atoms with Gasteiger partial charge in [0.15, 0.2) is 0 Å². The summed E-state index contributed by atoms with van der Waals surface area (Å²) in [5.41, 5.74) is 2.85. The van der Waals surface area contributed by atoms with Crippen molar-refractivity contribution in [2.45, 2.75) is 19.3 Å². The smallest absolute Gasteiger partial charge is 0.307 e. The van der Waals surface area contributed by atoms with Gasteiger partial charge in [-0.2, -0.15) is 0 Å². The van der Waals surface area contributed by atoms with Gasteiger partial charge in [0.2, 0.25) is 0 Å². The third kappa shape index (κ3) is 6.36. The van der Waals surface area contributed by atoms with E-state index in [-0.39, 0.29) is 18.3 Å². The number of piperidine rings is 1. The summed E-state index contributed by atoms with van der Waals surface area (Å²) in [6.45, 7) is 2.95. The Hall–Kier alpha value is -2.37. The minimum atomic E-state index is -0.684. The van der Waals surface area contributed by atoms with Crippen LogP contribution in [0.25, 0.3) is 0 Å². The van der Waals surface area contributed by atoms with Gasteiger partial charge in [-0.1, -0.05) is 65.8 Å². The van der Waals surface area contributed by atoms with Crippen molar-refractivity contribution in [2.24, 2.45) is 11.1 Å². The third-order valence-electron chi connectivity index (χ3n) is 4.82. The lowest BCUT2D eigenvalue weighted by Gasteiger charge is -2.30. The summed E-state index contributed by atoms with van der Waals surface area (Å²) >= 11 is 0. The molecule has 0 spiro atoms. The number of nitrogens with zero attached hydrogens (tertiary/aromatic N) is 2. The number of halogens is 1. The predicted octanol–water partition coefficient (Wildman–Crippen LogP) is 4.06. The average Bonchev–Trinajstić information content (AvgIpc) is 2.72. The molecule has 0 saturated carbocycles. The van der Waals surface area contributed by atoms with Crippen LogP contribution in [0.5, 0.6) is 0 Å². The largest absolute Gasteiger partial charge is 0.481 e. The monoisotopic (exact) mass is 402 g/mol. The van der Waals surface area contributed by atoms with Crippen molar-refractivity contribution in [1.82, 2.24) is 4.90 Å². The molecule has 28 heavy (non-hydrogen) atoms. The number of likely N-dealkylation sites (tertiary alicyclic amines) is 1. The molecule has 0 bridgehead atoms. The van der Waals surface area contributed by atoms with E-state index in [0.29, 0.717) is 13.2 Å². The van der Waals surface area contributed by atoms with Crippen molar-refractivity contribution >= 4 is 24.1 Å². The molecule has 1 aliphatic heterocycles. The molecule has 1 fully saturated rings. The van der Waals surface area contributed by atoms with Crippen LogP contribution in [-0.4, -0.2) is 47.9 Å². The molecule has 6 heteroatoms. The Morgan fingerprint density at radius 2 is 1.68 bits per heavy atom. The van der Waals surface area contributed by atoms with Gasteiger partial charge in [-0.05, 0) is 25.8 Å². The van der Waals surface area contributed by atoms with Gasteiger partial charge in [-0.25, -0.2) is 0 Å². The lowest BCUT2D eigenvalue weighted by molar-refractivity contribution is -0.143. The molecule has 0 radical (unpaired) electrons. The van der Waals surface area contributed by atoms with Crippen LogP contribution in [0.1, 0.15) is 30.4 Å². The molecular formula is C22H27ClN2O3. The number of hydrogen-bond acceptors (Lipinski definition) is 4. The molecule has 1 atom stereocenters. The molecule has 0 aliphatic carbocycles. The van der Waals surface area contributed by atoms with Gasteiger partial charge in [-0.15, -0.1) is 12.4 Å². The summed E-state index contributed by atoms with van der Waals surface area (Å²) < 4.78 is 0. The molecule has 150 valence electrons. The fraction of sp³-hybridized carbons (Fsp3) is 0.364. The van der Waals surface area contributed by atoms with Crippen LogP contribution >= 0.6 is 12.4 Å². The lowest BCUT2D eigenvalue weighted by atomic mass is 9.98. The van der Waals surface area contributed by atoms with Gasteiger partial charge in [0, 0.05) is 24.2 Å². The van der Waals surface area contributed by atoms with Gasteiger partial charge in [0.25, 0.3) is 0 Å². The molecule has 3 rings (SSSR count). The Labute approximate surface area is 172 Å². The van der Waals surface area contributed by atoms with E-state index in [4.69, 9.17) is 4.84 Å². The highest BCUT2D eigenvalue weighted by atomic mass is 35.5. The van der Waals surface area contributed by atoms with Crippen LogP contribution in [0.3, 0.4) is 0 Å². The summed E-state index contributed by atoms with van der Waals surface area (Å²) in [7, 11) is 0. The molecular weight excluding hydrogens is 376 g/mol. The molecule has 1 N–H and O–H groups in total. The zero-order chi connectivity index (χ0) is 18.9. The maximum absolute atomic E-state index is 11.2. The van der Waals surface area contributed by atoms with Gasteiger partial charge in [-0.3, -0.25) is 4.79 Å². The average molecular weight is 403 g/mol. The fourth-order valence-electron chi connectivity index (χ4n) is 3.39. The fourth-order valence-corrected chi connectivity index (χ4v) is 3.39. The molecule has 1 unspecified atom stereocenters. The minimum Gasteiger partial charge on any atom is -0.481 e. The molecule has 2 aromatic rings. The first-order valence-corrected chi connectivity index (χ1v) is 9.50. The van der Waals surface area contributed by atoms with E-state index in [0.717, 1.165) is 49.2 Å². The molecule has 5 nitrogen and oxygen atoms in total. The second-order valence-electron chi connectivity index (χ2n) is 6.84. The second-order valence-corrected chi connectivity index (χ2v) is 6.84. The third-order valence-corrected chi connectivity index (χ3v) is 4.82. The zero-order valence-electron chi connectivity index (χ0n) is 15.9. The minimum absolute atomic E-state index is 0. The Morgan fingerprint density at radius 3 is 2.25 bits per heavy atom. The maximum Gasteiger partial charge on any atom is 0.307 e. The van der Waals surface area contributed by atoms with E-state index < -0.39 is 5.97 Å². The first-order valence-electron chi connectivity index (χ1n) is 9.50. The second kappa shape index (κ2) is 11.5. The summed E-state index contributed by atoms with van der Waals surface area (Å²) in [6, 6.07) is 20.0. The maximum atomic E-state index is 11.2. The Bertz CT molecular complexity index is 711. The molecule has 1 heterocycles. The standard InChI is InChI=1S/C22H26N2O3.ClH/c25-22(26)20-13-7-14-24(17-20)15-8-16-27-23-21(18-9-3-1-4-10-18)19-11-5-2-6-12-19;/h1-6,9-12,20H,7-8,13-17H2,(H,25,26);1H. The van der Waals surface area contributed by atoms with E-state index >= 15 is 0 Å². The summed E-state index contributed by atoms with van der Waals surface area (Å²) in [5, 5.41) is 13.6. The number of carboxylic acids is 1. The molecule has 1 aliphatic rings. The number of rotatable bonds is 8. The van der Waals surface area contributed by atoms with E-state index in [9.17, 15) is 9.90 Å². The highest BCUT2D eigenvalue weighted by molar-refractivity contribution is 6.12. The Kier molecular flexibility index (Phi) is 8.98. The normalized spacial score (nSPS) is 16.6. The molecule has 0 aromatic heterocycles. The molecule has 1 saturated heterocycles. The van der Waals surface area contributed by atoms with Gasteiger partial charge in [0.1, 0.15) is 12.3 Å². The first kappa shape index (κ1) is 21.9. The number of hydrogen-bond donors (Lipinski definition) is 1. The van der Waals surface area contributed by atoms with E-state index in [1.165, 1.54) is 0 Å². The quantitative estimate of drug-likeness (QED) is 0.411. The summed E-state index contributed by atoms with van der Waals surface area (Å²) in [4.78, 5) is 19.0. The zero-order valence-corrected chi connectivity index (χ0v) is 16.7. The van der Waals surface area contributed by atoms with E-state index in [1.807, 2.05) is 60.7 Å². The summed E-state index contributed by atoms with van der Waals surface area (Å²) in [6.07, 6.45) is 2.55. The van der Waals surface area contributed by atoms with Crippen molar-refractivity contribution in [3.05, 3.63) is 71.8 Å². The van der Waals surface area contributed by atoms with Crippen LogP contribution in [0.4, 0.5) is 0 Å². The highest BCUT2D eigenvalue weighted by Gasteiger charge is 2.24.